The fourth-order valence-corrected chi connectivity index (χ4v) is 4.77. The second kappa shape index (κ2) is 15.9. The third-order valence-electron chi connectivity index (χ3n) is 6.81. The summed E-state index contributed by atoms with van der Waals surface area (Å²) in [5.74, 6) is 0.660. The van der Waals surface area contributed by atoms with Crippen LogP contribution in [-0.2, 0) is 11.2 Å². The summed E-state index contributed by atoms with van der Waals surface area (Å²) in [5.41, 5.74) is 5.94. The van der Waals surface area contributed by atoms with Crippen LogP contribution >= 0.6 is 11.6 Å². The van der Waals surface area contributed by atoms with E-state index in [0.29, 0.717) is 19.0 Å². The van der Waals surface area contributed by atoms with Crippen LogP contribution in [0.3, 0.4) is 0 Å². The van der Waals surface area contributed by atoms with Gasteiger partial charge in [0.05, 0.1) is 0 Å². The molecule has 1 aliphatic carbocycles. The first-order chi connectivity index (χ1) is 18.5. The molecule has 1 heterocycles. The average Bonchev–Trinajstić information content (AvgIpc) is 3.73. The summed E-state index contributed by atoms with van der Waals surface area (Å²) in [6.07, 6.45) is 11.9. The minimum absolute atomic E-state index is 0.214. The van der Waals surface area contributed by atoms with Gasteiger partial charge in [0.15, 0.2) is 0 Å². The zero-order valence-electron chi connectivity index (χ0n) is 25.5. The van der Waals surface area contributed by atoms with Gasteiger partial charge in [-0.2, -0.15) is 0 Å². The summed E-state index contributed by atoms with van der Waals surface area (Å²) in [4.78, 5) is 21.3. The molecular weight excluding hydrogens is 506 g/mol. The Bertz CT molecular complexity index is 1040. The SMILES string of the molecule is CCCc1ccc(Cl)cc1.C\C=C(C(/C(C)=N/C=C/CC)=C(/C)N1CCN(C(=O)OC(C)(C)C)CC1)\C1CC1. The molecule has 0 aromatic heterocycles. The largest absolute Gasteiger partial charge is 0.444 e. The number of carbonyl (C=O) groups excluding carboxylic acids is 1. The zero-order chi connectivity index (χ0) is 29.0. The molecule has 0 N–H and O–H groups in total. The Balaban J connectivity index is 0.000000446. The van der Waals surface area contributed by atoms with E-state index >= 15 is 0 Å². The predicted octanol–water partition coefficient (Wildman–Crippen LogP) is 8.85. The summed E-state index contributed by atoms with van der Waals surface area (Å²) in [6, 6.07) is 8.02. The lowest BCUT2D eigenvalue weighted by Gasteiger charge is -2.38. The van der Waals surface area contributed by atoms with Gasteiger partial charge in [-0.3, -0.25) is 4.99 Å². The van der Waals surface area contributed by atoms with Gasteiger partial charge in [-0.25, -0.2) is 4.79 Å². The second-order valence-electron chi connectivity index (χ2n) is 11.3. The van der Waals surface area contributed by atoms with E-state index in [0.717, 1.165) is 36.7 Å². The summed E-state index contributed by atoms with van der Waals surface area (Å²) >= 11 is 5.71. The molecule has 2 aliphatic rings. The topological polar surface area (TPSA) is 45.1 Å². The highest BCUT2D eigenvalue weighted by molar-refractivity contribution is 6.30. The van der Waals surface area contributed by atoms with Gasteiger partial charge in [0.25, 0.3) is 0 Å². The summed E-state index contributed by atoms with van der Waals surface area (Å²) in [5, 5.41) is 0.819. The smallest absolute Gasteiger partial charge is 0.410 e. The van der Waals surface area contributed by atoms with E-state index in [2.05, 4.69) is 63.8 Å². The third kappa shape index (κ3) is 11.2. The van der Waals surface area contributed by atoms with E-state index in [1.807, 2.05) is 44.0 Å². The molecule has 39 heavy (non-hydrogen) atoms. The van der Waals surface area contributed by atoms with Crippen molar-refractivity contribution in [2.45, 2.75) is 93.1 Å². The minimum atomic E-state index is -0.456. The van der Waals surface area contributed by atoms with Gasteiger partial charge in [0, 0.05) is 54.4 Å². The lowest BCUT2D eigenvalue weighted by atomic mass is 9.95. The van der Waals surface area contributed by atoms with E-state index < -0.39 is 5.60 Å². The van der Waals surface area contributed by atoms with Crippen LogP contribution in [0.1, 0.15) is 86.6 Å². The molecule has 0 bridgehead atoms. The summed E-state index contributed by atoms with van der Waals surface area (Å²) < 4.78 is 5.53. The molecule has 1 amide bonds. The number of aliphatic imine (C=N–C) groups is 1. The molecule has 1 aromatic carbocycles. The number of amides is 1. The average molecular weight is 556 g/mol. The predicted molar refractivity (Wildman–Crippen MR) is 167 cm³/mol. The number of aryl methyl sites for hydroxylation is 1. The molecule has 1 saturated heterocycles. The standard InChI is InChI=1S/C24H39N3O2.C9H11Cl/c1-8-10-13-25-18(3)22(21(9-2)20-11-12-20)19(4)26-14-16-27(17-15-26)23(28)29-24(5,6)7;1-2-3-8-4-6-9(10)7-5-8/h9-10,13,20H,8,11-12,14-17H2,1-7H3;4-7H,2-3H2,1H3/b13-10+,21-9-,22-19-,25-18+;. The van der Waals surface area contributed by atoms with Crippen molar-refractivity contribution in [3.8, 4) is 0 Å². The van der Waals surface area contributed by atoms with Gasteiger partial charge < -0.3 is 14.5 Å². The molecule has 2 fully saturated rings. The maximum Gasteiger partial charge on any atom is 0.410 e. The number of rotatable bonds is 8. The first-order valence-corrected chi connectivity index (χ1v) is 14.9. The summed E-state index contributed by atoms with van der Waals surface area (Å²) in [7, 11) is 0. The van der Waals surface area contributed by atoms with Crippen LogP contribution in [0.5, 0.6) is 0 Å². The van der Waals surface area contributed by atoms with E-state index in [-0.39, 0.29) is 6.09 Å². The number of piperazine rings is 1. The van der Waals surface area contributed by atoms with Gasteiger partial charge in [-0.15, -0.1) is 0 Å². The van der Waals surface area contributed by atoms with Gasteiger partial charge in [-0.1, -0.05) is 56.2 Å². The van der Waals surface area contributed by atoms with E-state index in [1.54, 1.807) is 0 Å². The fraction of sp³-hybridized carbons (Fsp3) is 0.576. The van der Waals surface area contributed by atoms with Crippen LogP contribution in [0.15, 0.2) is 64.5 Å². The highest BCUT2D eigenvalue weighted by atomic mass is 35.5. The normalized spacial score (nSPS) is 17.6. The Kier molecular flexibility index (Phi) is 13.3. The second-order valence-corrected chi connectivity index (χ2v) is 11.8. The quantitative estimate of drug-likeness (QED) is 0.238. The van der Waals surface area contributed by atoms with E-state index in [9.17, 15) is 4.79 Å². The maximum atomic E-state index is 12.4. The number of allylic oxidation sites excluding steroid dienone is 5. The minimum Gasteiger partial charge on any atom is -0.444 e. The lowest BCUT2D eigenvalue weighted by Crippen LogP contribution is -2.49. The molecule has 0 unspecified atom stereocenters. The number of ether oxygens (including phenoxy) is 1. The van der Waals surface area contributed by atoms with Crippen molar-refractivity contribution in [1.29, 1.82) is 0 Å². The van der Waals surface area contributed by atoms with Crippen LogP contribution in [0.25, 0.3) is 0 Å². The zero-order valence-corrected chi connectivity index (χ0v) is 26.3. The van der Waals surface area contributed by atoms with Crippen LogP contribution < -0.4 is 0 Å². The van der Waals surface area contributed by atoms with Crippen molar-refractivity contribution in [1.82, 2.24) is 9.80 Å². The van der Waals surface area contributed by atoms with E-state index in [1.165, 1.54) is 41.7 Å². The van der Waals surface area contributed by atoms with Crippen molar-refractivity contribution in [2.75, 3.05) is 26.2 Å². The highest BCUT2D eigenvalue weighted by Gasteiger charge is 2.32. The van der Waals surface area contributed by atoms with Crippen LogP contribution in [0.4, 0.5) is 4.79 Å². The van der Waals surface area contributed by atoms with Gasteiger partial charge in [0.2, 0.25) is 0 Å². The number of halogens is 1. The van der Waals surface area contributed by atoms with Gasteiger partial charge in [0.1, 0.15) is 5.60 Å². The number of benzene rings is 1. The molecule has 6 heteroatoms. The Hall–Kier alpha value is -2.53. The molecule has 1 saturated carbocycles. The van der Waals surface area contributed by atoms with Crippen LogP contribution in [-0.4, -0.2) is 53.4 Å². The van der Waals surface area contributed by atoms with Gasteiger partial charge in [-0.05, 0) is 96.4 Å². The fourth-order valence-electron chi connectivity index (χ4n) is 4.64. The molecule has 0 radical (unpaired) electrons. The van der Waals surface area contributed by atoms with Crippen molar-refractivity contribution >= 4 is 23.4 Å². The molecule has 1 aromatic rings. The van der Waals surface area contributed by atoms with Crippen LogP contribution in [0.2, 0.25) is 5.02 Å². The monoisotopic (exact) mass is 555 g/mol. The molecule has 5 nitrogen and oxygen atoms in total. The molecule has 216 valence electrons. The van der Waals surface area contributed by atoms with Crippen molar-refractivity contribution in [3.63, 3.8) is 0 Å². The molecule has 1 aliphatic heterocycles. The Morgan fingerprint density at radius 3 is 2.13 bits per heavy atom. The number of nitrogens with zero attached hydrogens (tertiary/aromatic N) is 3. The molecular formula is C33H50ClN3O2. The maximum absolute atomic E-state index is 12.4. The first-order valence-electron chi connectivity index (χ1n) is 14.5. The summed E-state index contributed by atoms with van der Waals surface area (Å²) in [6.45, 7) is 19.5. The third-order valence-corrected chi connectivity index (χ3v) is 7.06. The number of carbonyl (C=O) groups is 1. The molecule has 3 rings (SSSR count). The first kappa shape index (κ1) is 32.7. The Morgan fingerprint density at radius 1 is 1.05 bits per heavy atom. The number of hydrogen-bond acceptors (Lipinski definition) is 4. The van der Waals surface area contributed by atoms with Crippen LogP contribution in [0, 0.1) is 5.92 Å². The molecule has 0 atom stereocenters. The van der Waals surface area contributed by atoms with Crippen molar-refractivity contribution in [3.05, 3.63) is 70.0 Å². The highest BCUT2D eigenvalue weighted by Crippen LogP contribution is 2.41. The van der Waals surface area contributed by atoms with Crippen molar-refractivity contribution < 1.29 is 9.53 Å². The van der Waals surface area contributed by atoms with E-state index in [4.69, 9.17) is 21.3 Å². The Morgan fingerprint density at radius 2 is 1.64 bits per heavy atom. The number of hydrogen-bond donors (Lipinski definition) is 0. The Labute approximate surface area is 242 Å². The van der Waals surface area contributed by atoms with Gasteiger partial charge >= 0.3 is 6.09 Å². The molecule has 0 spiro atoms. The lowest BCUT2D eigenvalue weighted by molar-refractivity contribution is 0.0168. The van der Waals surface area contributed by atoms with Crippen molar-refractivity contribution in [2.24, 2.45) is 10.9 Å².